The first-order chi connectivity index (χ1) is 6.81. The van der Waals surface area contributed by atoms with Crippen LogP contribution in [0.15, 0.2) is 24.3 Å². The molecule has 5 heteroatoms. The number of hydrogen-bond acceptors (Lipinski definition) is 3. The van der Waals surface area contributed by atoms with Crippen LogP contribution in [-0.4, -0.2) is 20.2 Å². The molecule has 0 aliphatic rings. The number of nitrogens with zero attached hydrogens (tertiary/aromatic N) is 4. The average Bonchev–Trinajstić information content (AvgIpc) is 2.65. The third kappa shape index (κ3) is 1.61. The molecule has 4 nitrogen and oxygen atoms in total. The van der Waals surface area contributed by atoms with Crippen molar-refractivity contribution in [3.05, 3.63) is 29.8 Å². The minimum atomic E-state index is 0.499. The van der Waals surface area contributed by atoms with Gasteiger partial charge >= 0.3 is 0 Å². The first kappa shape index (κ1) is 9.15. The van der Waals surface area contributed by atoms with Gasteiger partial charge in [-0.3, -0.25) is 0 Å². The zero-order valence-electron chi connectivity index (χ0n) is 7.68. The summed E-state index contributed by atoms with van der Waals surface area (Å²) in [6.07, 6.45) is 0. The summed E-state index contributed by atoms with van der Waals surface area (Å²) in [5, 5.41) is 11.3. The molecule has 0 spiro atoms. The molecule has 0 aliphatic heterocycles. The third-order valence-electron chi connectivity index (χ3n) is 1.96. The quantitative estimate of drug-likeness (QED) is 0.705. The Hall–Kier alpha value is -1.42. The van der Waals surface area contributed by atoms with E-state index in [1.165, 1.54) is 0 Å². The lowest BCUT2D eigenvalue weighted by molar-refractivity contribution is 0.714. The van der Waals surface area contributed by atoms with Crippen molar-refractivity contribution >= 4 is 11.6 Å². The van der Waals surface area contributed by atoms with E-state index in [9.17, 15) is 0 Å². The molecule has 1 aromatic carbocycles. The highest BCUT2D eigenvalue weighted by Gasteiger charge is 2.05. The highest BCUT2D eigenvalue weighted by atomic mass is 35.5. The maximum atomic E-state index is 5.74. The summed E-state index contributed by atoms with van der Waals surface area (Å²) >= 11 is 5.74. The molecule has 0 amide bonds. The van der Waals surface area contributed by atoms with Crippen LogP contribution in [0.5, 0.6) is 0 Å². The topological polar surface area (TPSA) is 43.6 Å². The molecule has 0 saturated carbocycles. The number of alkyl halides is 1. The summed E-state index contributed by atoms with van der Waals surface area (Å²) in [4.78, 5) is 0. The van der Waals surface area contributed by atoms with Gasteiger partial charge in [0, 0.05) is 18.5 Å². The fourth-order valence-electron chi connectivity index (χ4n) is 1.27. The van der Waals surface area contributed by atoms with Crippen molar-refractivity contribution in [1.82, 2.24) is 20.2 Å². The Labute approximate surface area is 86.5 Å². The number of aromatic nitrogens is 4. The van der Waals surface area contributed by atoms with Crippen LogP contribution in [0.3, 0.4) is 0 Å². The zero-order valence-corrected chi connectivity index (χ0v) is 8.44. The number of benzene rings is 1. The lowest BCUT2D eigenvalue weighted by Gasteiger charge is -2.00. The maximum absolute atomic E-state index is 5.74. The summed E-state index contributed by atoms with van der Waals surface area (Å²) in [5.74, 6) is 1.25. The Balaban J connectivity index is 2.47. The standard InChI is InChI=1S/C9H9ClN4/c1-14-9(11-12-13-14)8-4-2-3-7(5-8)6-10/h2-5H,6H2,1H3. The van der Waals surface area contributed by atoms with Crippen LogP contribution in [0.4, 0.5) is 0 Å². The summed E-state index contributed by atoms with van der Waals surface area (Å²) in [5.41, 5.74) is 2.04. The molecule has 0 atom stereocenters. The van der Waals surface area contributed by atoms with E-state index < -0.39 is 0 Å². The Kier molecular flexibility index (Phi) is 2.45. The van der Waals surface area contributed by atoms with Gasteiger partial charge in [-0.05, 0) is 22.1 Å². The van der Waals surface area contributed by atoms with Crippen LogP contribution in [0, 0.1) is 0 Å². The van der Waals surface area contributed by atoms with Gasteiger partial charge in [0.1, 0.15) is 0 Å². The van der Waals surface area contributed by atoms with Gasteiger partial charge in [0.15, 0.2) is 5.82 Å². The van der Waals surface area contributed by atoms with Crippen LogP contribution < -0.4 is 0 Å². The Bertz CT molecular complexity index is 438. The Morgan fingerprint density at radius 2 is 2.29 bits per heavy atom. The van der Waals surface area contributed by atoms with E-state index in [0.717, 1.165) is 17.0 Å². The molecule has 2 aromatic rings. The number of rotatable bonds is 2. The zero-order chi connectivity index (χ0) is 9.97. The van der Waals surface area contributed by atoms with Crippen LogP contribution in [0.2, 0.25) is 0 Å². The molecule has 14 heavy (non-hydrogen) atoms. The highest BCUT2D eigenvalue weighted by Crippen LogP contribution is 2.17. The predicted molar refractivity (Wildman–Crippen MR) is 53.8 cm³/mol. The summed E-state index contributed by atoms with van der Waals surface area (Å²) in [6, 6.07) is 7.86. The van der Waals surface area contributed by atoms with E-state index in [-0.39, 0.29) is 0 Å². The van der Waals surface area contributed by atoms with E-state index >= 15 is 0 Å². The summed E-state index contributed by atoms with van der Waals surface area (Å²) in [6.45, 7) is 0. The second-order valence-electron chi connectivity index (χ2n) is 2.96. The molecule has 0 fully saturated rings. The molecule has 2 rings (SSSR count). The summed E-state index contributed by atoms with van der Waals surface area (Å²) in [7, 11) is 1.81. The van der Waals surface area contributed by atoms with Crippen LogP contribution >= 0.6 is 11.6 Å². The van der Waals surface area contributed by atoms with Crippen molar-refractivity contribution < 1.29 is 0 Å². The van der Waals surface area contributed by atoms with E-state index in [0.29, 0.717) is 5.88 Å². The number of tetrazole rings is 1. The van der Waals surface area contributed by atoms with E-state index in [1.807, 2.05) is 31.3 Å². The maximum Gasteiger partial charge on any atom is 0.181 e. The molecule has 0 saturated heterocycles. The number of hydrogen-bond donors (Lipinski definition) is 0. The molecule has 72 valence electrons. The van der Waals surface area contributed by atoms with Gasteiger partial charge < -0.3 is 0 Å². The lowest BCUT2D eigenvalue weighted by atomic mass is 10.1. The van der Waals surface area contributed by atoms with Crippen LogP contribution in [0.1, 0.15) is 5.56 Å². The van der Waals surface area contributed by atoms with Gasteiger partial charge in [0.05, 0.1) is 0 Å². The van der Waals surface area contributed by atoms with Crippen LogP contribution in [0.25, 0.3) is 11.4 Å². The fraction of sp³-hybridized carbons (Fsp3) is 0.222. The van der Waals surface area contributed by atoms with Crippen molar-refractivity contribution in [2.45, 2.75) is 5.88 Å². The van der Waals surface area contributed by atoms with Gasteiger partial charge in [-0.25, -0.2) is 4.68 Å². The second-order valence-corrected chi connectivity index (χ2v) is 3.23. The van der Waals surface area contributed by atoms with Gasteiger partial charge in [-0.15, -0.1) is 16.7 Å². The molecular weight excluding hydrogens is 200 g/mol. The molecule has 1 heterocycles. The predicted octanol–water partition coefficient (Wildman–Crippen LogP) is 1.62. The molecular formula is C9H9ClN4. The van der Waals surface area contributed by atoms with Crippen molar-refractivity contribution in [3.8, 4) is 11.4 Å². The smallest absolute Gasteiger partial charge is 0.181 e. The molecule has 0 unspecified atom stereocenters. The number of halogens is 1. The van der Waals surface area contributed by atoms with E-state index in [1.54, 1.807) is 4.68 Å². The minimum absolute atomic E-state index is 0.499. The van der Waals surface area contributed by atoms with Crippen molar-refractivity contribution in [2.24, 2.45) is 7.05 Å². The molecule has 0 radical (unpaired) electrons. The van der Waals surface area contributed by atoms with E-state index in [2.05, 4.69) is 15.5 Å². The van der Waals surface area contributed by atoms with Gasteiger partial charge in [-0.2, -0.15) is 0 Å². The Morgan fingerprint density at radius 3 is 2.93 bits per heavy atom. The first-order valence-electron chi connectivity index (χ1n) is 4.19. The normalized spacial score (nSPS) is 10.4. The van der Waals surface area contributed by atoms with Gasteiger partial charge in [0.25, 0.3) is 0 Å². The van der Waals surface area contributed by atoms with Gasteiger partial charge in [-0.1, -0.05) is 18.2 Å². The van der Waals surface area contributed by atoms with Crippen molar-refractivity contribution in [2.75, 3.05) is 0 Å². The second kappa shape index (κ2) is 3.75. The molecule has 0 bridgehead atoms. The molecule has 1 aromatic heterocycles. The average molecular weight is 209 g/mol. The molecule has 0 N–H and O–H groups in total. The van der Waals surface area contributed by atoms with Crippen molar-refractivity contribution in [3.63, 3.8) is 0 Å². The lowest BCUT2D eigenvalue weighted by Crippen LogP contribution is -1.94. The summed E-state index contributed by atoms with van der Waals surface area (Å²) < 4.78 is 1.63. The van der Waals surface area contributed by atoms with E-state index in [4.69, 9.17) is 11.6 Å². The molecule has 0 aliphatic carbocycles. The SMILES string of the molecule is Cn1nnnc1-c1cccc(CCl)c1. The monoisotopic (exact) mass is 208 g/mol. The third-order valence-corrected chi connectivity index (χ3v) is 2.27. The highest BCUT2D eigenvalue weighted by molar-refractivity contribution is 6.17. The van der Waals surface area contributed by atoms with Crippen LogP contribution in [-0.2, 0) is 12.9 Å². The fourth-order valence-corrected chi connectivity index (χ4v) is 1.43. The number of aryl methyl sites for hydroxylation is 1. The Morgan fingerprint density at radius 1 is 1.43 bits per heavy atom. The largest absolute Gasteiger partial charge is 0.229 e. The van der Waals surface area contributed by atoms with Gasteiger partial charge in [0.2, 0.25) is 0 Å². The first-order valence-corrected chi connectivity index (χ1v) is 4.72. The minimum Gasteiger partial charge on any atom is -0.229 e. The van der Waals surface area contributed by atoms with Crippen molar-refractivity contribution in [1.29, 1.82) is 0 Å².